The van der Waals surface area contributed by atoms with Crippen molar-refractivity contribution < 1.29 is 38.6 Å². The zero-order valence-electron chi connectivity index (χ0n) is 16.5. The third-order valence-electron chi connectivity index (χ3n) is 4.02. The maximum atomic E-state index is 11.6. The number of hydrogen-bond acceptors (Lipinski definition) is 9. The van der Waals surface area contributed by atoms with E-state index in [2.05, 4.69) is 15.9 Å². The molecule has 1 fully saturated rings. The van der Waals surface area contributed by atoms with Crippen LogP contribution >= 0.6 is 27.7 Å². The summed E-state index contributed by atoms with van der Waals surface area (Å²) in [5.74, 6) is -1.74. The fourth-order valence-electron chi connectivity index (χ4n) is 2.40. The fourth-order valence-corrected chi connectivity index (χ4v) is 4.00. The molecule has 8 nitrogen and oxygen atoms in total. The maximum absolute atomic E-state index is 11.6. The number of hydrogen-bond donors (Lipinski definition) is 1. The van der Waals surface area contributed by atoms with Gasteiger partial charge in [-0.2, -0.15) is 0 Å². The molecule has 1 rings (SSSR count). The number of thioether (sulfide) groups is 1. The Morgan fingerprint density at radius 3 is 2.14 bits per heavy atom. The van der Waals surface area contributed by atoms with Crippen LogP contribution in [0.4, 0.5) is 0 Å². The van der Waals surface area contributed by atoms with Gasteiger partial charge in [0, 0.05) is 6.42 Å². The molecule has 1 saturated heterocycles. The summed E-state index contributed by atoms with van der Waals surface area (Å²) >= 11 is 4.03. The van der Waals surface area contributed by atoms with Gasteiger partial charge < -0.3 is 19.4 Å². The summed E-state index contributed by atoms with van der Waals surface area (Å²) in [6.07, 6.45) is 1.77. The molecule has 1 N–H and O–H groups in total. The van der Waals surface area contributed by atoms with Gasteiger partial charge in [0.1, 0.15) is 11.7 Å². The fraction of sp³-hybridized carbons (Fsp3) is 0.722. The van der Waals surface area contributed by atoms with Crippen molar-refractivity contribution in [1.82, 2.24) is 0 Å². The van der Waals surface area contributed by atoms with E-state index < -0.39 is 26.4 Å². The summed E-state index contributed by atoms with van der Waals surface area (Å²) in [6, 6.07) is 0. The van der Waals surface area contributed by atoms with Crippen LogP contribution in [0.25, 0.3) is 0 Å². The molecule has 0 aromatic rings. The zero-order valence-corrected chi connectivity index (χ0v) is 18.9. The summed E-state index contributed by atoms with van der Waals surface area (Å²) < 4.78 is 7.08. The largest absolute Gasteiger partial charge is 0.465 e. The van der Waals surface area contributed by atoms with Crippen LogP contribution in [0.5, 0.6) is 0 Å². The number of carbonyl (C=O) groups excluding carboxylic acids is 5. The van der Waals surface area contributed by atoms with Gasteiger partial charge >= 0.3 is 11.9 Å². The molecule has 0 radical (unpaired) electrons. The molecule has 1 aliphatic heterocycles. The molecular formula is C18H27BrO8S. The lowest BCUT2D eigenvalue weighted by Gasteiger charge is -2.22. The van der Waals surface area contributed by atoms with Crippen molar-refractivity contribution >= 4 is 57.5 Å². The maximum Gasteiger partial charge on any atom is 0.330 e. The first-order chi connectivity index (χ1) is 13.0. The van der Waals surface area contributed by atoms with Crippen molar-refractivity contribution in [3.8, 4) is 0 Å². The van der Waals surface area contributed by atoms with Gasteiger partial charge in [0.05, 0.1) is 13.2 Å². The number of ether oxygens (including phenoxy) is 2. The highest BCUT2D eigenvalue weighted by atomic mass is 79.9. The number of aliphatic hydroxyl groups is 1. The molecular weight excluding hydrogens is 456 g/mol. The molecule has 0 amide bonds. The normalized spacial score (nSPS) is 22.9. The summed E-state index contributed by atoms with van der Waals surface area (Å²) in [5, 5.41) is 9.33. The number of Topliss-reactive ketones (excluding diaryl/α,β-unsaturated/α-hetero) is 2. The SMILES string of the molecule is CCOC(=O)C(Br)(CCC=O)C(C)=O.CCOC(=O)C1(C(C)=O)CCC(O)S1. The van der Waals surface area contributed by atoms with Crippen molar-refractivity contribution in [2.24, 2.45) is 0 Å². The highest BCUT2D eigenvalue weighted by Crippen LogP contribution is 2.43. The zero-order chi connectivity index (χ0) is 22.0. The summed E-state index contributed by atoms with van der Waals surface area (Å²) in [7, 11) is 0. The first-order valence-corrected chi connectivity index (χ1v) is 10.5. The first kappa shape index (κ1) is 26.7. The third-order valence-corrected chi connectivity index (χ3v) is 6.87. The van der Waals surface area contributed by atoms with Crippen molar-refractivity contribution in [2.75, 3.05) is 13.2 Å². The van der Waals surface area contributed by atoms with Gasteiger partial charge in [0.2, 0.25) is 0 Å². The Bertz CT molecular complexity index is 596. The quantitative estimate of drug-likeness (QED) is 0.227. The molecule has 0 spiro atoms. The van der Waals surface area contributed by atoms with Crippen molar-refractivity contribution in [3.63, 3.8) is 0 Å². The summed E-state index contributed by atoms with van der Waals surface area (Å²) in [6.45, 7) is 6.47. The average molecular weight is 483 g/mol. The molecule has 160 valence electrons. The number of carbonyl (C=O) groups is 5. The number of alkyl halides is 1. The Balaban J connectivity index is 0.000000521. The molecule has 3 atom stereocenters. The monoisotopic (exact) mass is 482 g/mol. The summed E-state index contributed by atoms with van der Waals surface area (Å²) in [5.41, 5.74) is -0.636. The van der Waals surface area contributed by atoms with Crippen LogP contribution in [0.1, 0.15) is 53.4 Å². The molecule has 1 aliphatic rings. The van der Waals surface area contributed by atoms with Crippen LogP contribution in [-0.4, -0.2) is 62.6 Å². The van der Waals surface area contributed by atoms with Crippen LogP contribution in [-0.2, 0) is 33.4 Å². The Morgan fingerprint density at radius 1 is 1.21 bits per heavy atom. The molecule has 0 aliphatic carbocycles. The standard InChI is InChI=1S/C9H13BrO4.C9H14O4S/c1-3-14-8(13)9(10,7(2)12)5-4-6-11;1-3-13-8(12)9(6(2)10)5-4-7(11)14-9/h6H,3-5H2,1-2H3;7,11H,3-5H2,1-2H3. The van der Waals surface area contributed by atoms with E-state index in [1.807, 2.05) is 0 Å². The Kier molecular flexibility index (Phi) is 11.8. The number of halogens is 1. The lowest BCUT2D eigenvalue weighted by Crippen LogP contribution is -2.41. The third kappa shape index (κ3) is 6.97. The second-order valence-corrected chi connectivity index (χ2v) is 8.83. The molecule has 0 saturated carbocycles. The minimum Gasteiger partial charge on any atom is -0.465 e. The number of esters is 2. The van der Waals surface area contributed by atoms with Gasteiger partial charge in [0.25, 0.3) is 0 Å². The van der Waals surface area contributed by atoms with E-state index in [0.29, 0.717) is 19.1 Å². The van der Waals surface area contributed by atoms with Crippen LogP contribution in [0.3, 0.4) is 0 Å². The van der Waals surface area contributed by atoms with E-state index in [1.54, 1.807) is 13.8 Å². The number of ketones is 2. The van der Waals surface area contributed by atoms with Gasteiger partial charge in [-0.1, -0.05) is 15.9 Å². The van der Waals surface area contributed by atoms with Crippen molar-refractivity contribution in [3.05, 3.63) is 0 Å². The first-order valence-electron chi connectivity index (χ1n) is 8.86. The van der Waals surface area contributed by atoms with Gasteiger partial charge in [-0.3, -0.25) is 19.2 Å². The van der Waals surface area contributed by atoms with Gasteiger partial charge in [-0.05, 0) is 47.0 Å². The molecule has 10 heteroatoms. The Labute approximate surface area is 177 Å². The van der Waals surface area contributed by atoms with Gasteiger partial charge in [0.15, 0.2) is 20.6 Å². The van der Waals surface area contributed by atoms with Crippen molar-refractivity contribution in [1.29, 1.82) is 0 Å². The van der Waals surface area contributed by atoms with E-state index in [1.165, 1.54) is 13.8 Å². The predicted octanol–water partition coefficient (Wildman–Crippen LogP) is 1.97. The van der Waals surface area contributed by atoms with Crippen LogP contribution < -0.4 is 0 Å². The average Bonchev–Trinajstić information content (AvgIpc) is 3.03. The number of rotatable bonds is 9. The highest BCUT2D eigenvalue weighted by molar-refractivity contribution is 9.10. The number of aldehydes is 1. The van der Waals surface area contributed by atoms with E-state index >= 15 is 0 Å². The Morgan fingerprint density at radius 2 is 1.79 bits per heavy atom. The topological polar surface area (TPSA) is 124 Å². The molecule has 0 aromatic heterocycles. The van der Waals surface area contributed by atoms with E-state index in [-0.39, 0.29) is 37.6 Å². The van der Waals surface area contributed by atoms with E-state index in [0.717, 1.165) is 11.8 Å². The van der Waals surface area contributed by atoms with Crippen LogP contribution in [0.15, 0.2) is 0 Å². The predicted molar refractivity (Wildman–Crippen MR) is 107 cm³/mol. The lowest BCUT2D eigenvalue weighted by molar-refractivity contribution is -0.150. The summed E-state index contributed by atoms with van der Waals surface area (Å²) in [4.78, 5) is 55.8. The van der Waals surface area contributed by atoms with Crippen LogP contribution in [0, 0.1) is 0 Å². The van der Waals surface area contributed by atoms with E-state index in [9.17, 15) is 29.1 Å². The second-order valence-electron chi connectivity index (χ2n) is 6.00. The lowest BCUT2D eigenvalue weighted by atomic mass is 9.99. The minimum absolute atomic E-state index is 0.130. The number of aliphatic hydroxyl groups excluding tert-OH is 1. The van der Waals surface area contributed by atoms with Gasteiger partial charge in [-0.15, -0.1) is 11.8 Å². The second kappa shape index (κ2) is 12.3. The van der Waals surface area contributed by atoms with E-state index in [4.69, 9.17) is 9.47 Å². The smallest absolute Gasteiger partial charge is 0.330 e. The van der Waals surface area contributed by atoms with Crippen LogP contribution in [0.2, 0.25) is 0 Å². The molecule has 1 heterocycles. The minimum atomic E-state index is -1.36. The van der Waals surface area contributed by atoms with Gasteiger partial charge in [-0.25, -0.2) is 0 Å². The molecule has 3 unspecified atom stereocenters. The Hall–Kier alpha value is -1.26. The molecule has 28 heavy (non-hydrogen) atoms. The van der Waals surface area contributed by atoms with Crippen molar-refractivity contribution in [2.45, 2.75) is 67.9 Å². The molecule has 0 aromatic carbocycles. The molecule has 0 bridgehead atoms. The highest BCUT2D eigenvalue weighted by Gasteiger charge is 2.51.